The van der Waals surface area contributed by atoms with E-state index in [1.165, 1.54) is 20.3 Å². The van der Waals surface area contributed by atoms with Crippen LogP contribution in [0.25, 0.3) is 0 Å². The van der Waals surface area contributed by atoms with E-state index < -0.39 is 30.3 Å². The van der Waals surface area contributed by atoms with Crippen LogP contribution in [0.4, 0.5) is 16.2 Å². The molecule has 0 aromatic heterocycles. The average Bonchev–Trinajstić information content (AvgIpc) is 2.97. The van der Waals surface area contributed by atoms with Gasteiger partial charge in [-0.25, -0.2) is 4.79 Å². The molecule has 1 aliphatic heterocycles. The van der Waals surface area contributed by atoms with Crippen LogP contribution in [0, 0.1) is 16.7 Å². The van der Waals surface area contributed by atoms with Crippen molar-refractivity contribution < 1.29 is 34.0 Å². The van der Waals surface area contributed by atoms with Gasteiger partial charge in [0, 0.05) is 44.2 Å². The molecule has 5 atom stereocenters. The van der Waals surface area contributed by atoms with E-state index in [0.717, 1.165) is 0 Å². The summed E-state index contributed by atoms with van der Waals surface area (Å²) in [6, 6.07) is 1.27. The van der Waals surface area contributed by atoms with E-state index in [1.807, 2.05) is 32.8 Å². The van der Waals surface area contributed by atoms with Crippen molar-refractivity contribution in [2.75, 3.05) is 40.2 Å². The number of anilines is 1. The highest BCUT2D eigenvalue weighted by molar-refractivity contribution is 6.04. The van der Waals surface area contributed by atoms with E-state index in [1.54, 1.807) is 26.1 Å². The van der Waals surface area contributed by atoms with Crippen molar-refractivity contribution in [1.29, 1.82) is 0 Å². The van der Waals surface area contributed by atoms with Crippen LogP contribution in [0.3, 0.4) is 0 Å². The summed E-state index contributed by atoms with van der Waals surface area (Å²) in [7, 11) is 6.74. The van der Waals surface area contributed by atoms with Gasteiger partial charge in [0.1, 0.15) is 35.1 Å². The van der Waals surface area contributed by atoms with Gasteiger partial charge >= 0.3 is 6.09 Å². The molecule has 0 radical (unpaired) electrons. The second kappa shape index (κ2) is 17.6. The highest BCUT2D eigenvalue weighted by Gasteiger charge is 2.32. The van der Waals surface area contributed by atoms with E-state index in [0.29, 0.717) is 48.9 Å². The summed E-state index contributed by atoms with van der Waals surface area (Å²) in [5, 5.41) is 28.4. The zero-order valence-electron chi connectivity index (χ0n) is 27.6. The molecule has 2 rings (SSSR count). The fourth-order valence-electron chi connectivity index (χ4n) is 5.55. The molecule has 13 nitrogen and oxygen atoms in total. The Morgan fingerprint density at radius 2 is 1.87 bits per heavy atom. The molecule has 0 aliphatic carbocycles. The smallest absolute Gasteiger partial charge is 0.404 e. The highest BCUT2D eigenvalue weighted by atomic mass is 16.6. The summed E-state index contributed by atoms with van der Waals surface area (Å²) in [6.07, 6.45) is 2.08. The topological polar surface area (TPSA) is 185 Å². The predicted molar refractivity (Wildman–Crippen MR) is 174 cm³/mol. The molecule has 0 saturated carbocycles. The van der Waals surface area contributed by atoms with E-state index in [2.05, 4.69) is 15.5 Å². The first kappa shape index (κ1) is 37.4. The number of amides is 2. The quantitative estimate of drug-likeness (QED) is 0.136. The van der Waals surface area contributed by atoms with Crippen LogP contribution < -0.4 is 11.1 Å². The number of allylic oxidation sites excluding steroid dienone is 2. The highest BCUT2D eigenvalue weighted by Crippen LogP contribution is 2.44. The number of nitrogens with zero attached hydrogens (tertiary/aromatic N) is 3. The molecular formula is C32H49N5O8. The molecule has 2 bridgehead atoms. The summed E-state index contributed by atoms with van der Waals surface area (Å²) < 4.78 is 16.9. The van der Waals surface area contributed by atoms with Gasteiger partial charge in [0.05, 0.1) is 11.8 Å². The molecule has 0 spiro atoms. The first-order valence-electron chi connectivity index (χ1n) is 15.0. The van der Waals surface area contributed by atoms with E-state index in [9.17, 15) is 24.7 Å². The summed E-state index contributed by atoms with van der Waals surface area (Å²) in [5.74, 6) is -1.42. The molecule has 1 aliphatic rings. The van der Waals surface area contributed by atoms with Crippen molar-refractivity contribution in [3.8, 4) is 11.5 Å². The number of phenols is 2. The lowest BCUT2D eigenvalue weighted by Gasteiger charge is -2.31. The molecule has 1 heterocycles. The van der Waals surface area contributed by atoms with Crippen LogP contribution in [0.5, 0.6) is 11.5 Å². The van der Waals surface area contributed by atoms with Crippen LogP contribution >= 0.6 is 0 Å². The van der Waals surface area contributed by atoms with Gasteiger partial charge < -0.3 is 40.4 Å². The molecule has 45 heavy (non-hydrogen) atoms. The third-order valence-corrected chi connectivity index (χ3v) is 7.93. The minimum atomic E-state index is -0.951. The zero-order chi connectivity index (χ0) is 33.8. The number of primary amides is 1. The van der Waals surface area contributed by atoms with Crippen LogP contribution in [0.1, 0.15) is 58.9 Å². The monoisotopic (exact) mass is 631 g/mol. The van der Waals surface area contributed by atoms with Crippen LogP contribution in [-0.2, 0) is 25.4 Å². The predicted octanol–water partition coefficient (Wildman–Crippen LogP) is 5.17. The Morgan fingerprint density at radius 3 is 2.44 bits per heavy atom. The number of nitrogens with one attached hydrogen (secondary N) is 1. The van der Waals surface area contributed by atoms with Gasteiger partial charge in [-0.3, -0.25) is 9.79 Å². The standard InChI is InChI=1S/C32H49N5O8/c1-18-14-22-28(34-12-13-37(5)6)24(38)17-23(29(22)39)35-31(40)19(2)10-9-11-25(43-7)30(45-32(33)41)21(4)16-20(3)27(36-42)26(15-18)44-8/h10,12,17-18,21,25-26,30,38-39H,9,11,13-16H2,1-8H3,(H2,33,41)(H,35,40)/t18-,21?,25+,26+,30+/m1/s1. The lowest BCUT2D eigenvalue weighted by molar-refractivity contribution is -0.112. The van der Waals surface area contributed by atoms with Crippen molar-refractivity contribution in [2.45, 2.75) is 78.1 Å². The van der Waals surface area contributed by atoms with E-state index in [4.69, 9.17) is 19.9 Å². The first-order chi connectivity index (χ1) is 21.2. The number of methoxy groups -OCH3 is 2. The summed E-state index contributed by atoms with van der Waals surface area (Å²) in [6.45, 7) is 7.69. The number of carbonyl (C=O) groups is 2. The molecule has 1 aromatic rings. The van der Waals surface area contributed by atoms with E-state index >= 15 is 0 Å². The van der Waals surface area contributed by atoms with Crippen molar-refractivity contribution in [1.82, 2.24) is 4.90 Å². The summed E-state index contributed by atoms with van der Waals surface area (Å²) in [5.41, 5.74) is 7.21. The molecule has 0 saturated heterocycles. The Morgan fingerprint density at radius 1 is 1.18 bits per heavy atom. The van der Waals surface area contributed by atoms with Gasteiger partial charge in [-0.2, -0.15) is 0 Å². The number of phenolic OH excluding ortho intramolecular Hbond substituents is 2. The molecule has 2 amide bonds. The van der Waals surface area contributed by atoms with Gasteiger partial charge in [0.2, 0.25) is 0 Å². The van der Waals surface area contributed by atoms with Gasteiger partial charge in [-0.15, -0.1) is 4.91 Å². The number of aromatic hydroxyl groups is 2. The summed E-state index contributed by atoms with van der Waals surface area (Å²) in [4.78, 5) is 43.5. The minimum absolute atomic E-state index is 0.0321. The molecule has 250 valence electrons. The summed E-state index contributed by atoms with van der Waals surface area (Å²) >= 11 is 0. The van der Waals surface area contributed by atoms with Gasteiger partial charge in [-0.1, -0.05) is 19.9 Å². The largest absolute Gasteiger partial charge is 0.506 e. The SMILES string of the molecule is CO[C@H]1C[C@H](C)Cc2c(O)c(cc(O)c2N=CCN(C)C)NC(=O)C(C)=CCC[C@H](OC)[C@@H](OC(N)=O)C(C)CC(C)=C1N=O. The van der Waals surface area contributed by atoms with Crippen molar-refractivity contribution in [2.24, 2.45) is 27.7 Å². The Balaban J connectivity index is 2.69. The zero-order valence-corrected chi connectivity index (χ0v) is 27.6. The number of rotatable bonds is 7. The Kier molecular flexibility index (Phi) is 14.6. The fourth-order valence-corrected chi connectivity index (χ4v) is 5.55. The minimum Gasteiger partial charge on any atom is -0.506 e. The number of nitroso groups, excluding NO2 is 1. The van der Waals surface area contributed by atoms with Crippen LogP contribution in [0.2, 0.25) is 0 Å². The maximum absolute atomic E-state index is 13.1. The third-order valence-electron chi connectivity index (χ3n) is 7.93. The second-order valence-electron chi connectivity index (χ2n) is 12.0. The number of aliphatic imine (C=N–C) groups is 1. The molecule has 0 fully saturated rings. The number of nitrogens with two attached hydrogens (primary N) is 1. The maximum Gasteiger partial charge on any atom is 0.404 e. The Labute approximate surface area is 265 Å². The number of ether oxygens (including phenoxy) is 3. The maximum atomic E-state index is 13.1. The first-order valence-corrected chi connectivity index (χ1v) is 15.0. The van der Waals surface area contributed by atoms with Gasteiger partial charge in [-0.05, 0) is 82.6 Å². The number of benzene rings is 1. The average molecular weight is 632 g/mol. The van der Waals surface area contributed by atoms with Crippen LogP contribution in [-0.4, -0.2) is 86.5 Å². The Hall–Kier alpha value is -3.81. The second-order valence-corrected chi connectivity index (χ2v) is 12.0. The molecule has 5 N–H and O–H groups in total. The molecule has 13 heteroatoms. The third kappa shape index (κ3) is 10.6. The molecule has 1 unspecified atom stereocenters. The van der Waals surface area contributed by atoms with Crippen LogP contribution in [0.15, 0.2) is 39.2 Å². The Bertz CT molecular complexity index is 1290. The van der Waals surface area contributed by atoms with Crippen molar-refractivity contribution in [3.63, 3.8) is 0 Å². The van der Waals surface area contributed by atoms with Crippen molar-refractivity contribution in [3.05, 3.63) is 39.5 Å². The van der Waals surface area contributed by atoms with Gasteiger partial charge in [0.15, 0.2) is 0 Å². The lowest BCUT2D eigenvalue weighted by atomic mass is 9.88. The number of hydrogen-bond donors (Lipinski definition) is 4. The lowest BCUT2D eigenvalue weighted by Crippen LogP contribution is -2.39. The molecule has 1 aromatic carbocycles. The number of fused-ring (bicyclic) bond motifs is 2. The van der Waals surface area contributed by atoms with E-state index in [-0.39, 0.29) is 46.8 Å². The molecular weight excluding hydrogens is 582 g/mol. The normalized spacial score (nSPS) is 24.4. The number of hydrogen-bond acceptors (Lipinski definition) is 11. The number of carbonyl (C=O) groups excluding carboxylic acids is 2. The fraction of sp³-hybridized carbons (Fsp3) is 0.594. The van der Waals surface area contributed by atoms with Gasteiger partial charge in [0.25, 0.3) is 5.91 Å². The van der Waals surface area contributed by atoms with Crippen molar-refractivity contribution >= 4 is 29.6 Å².